The predicted molar refractivity (Wildman–Crippen MR) is 39.8 cm³/mol. The SMILES string of the molecule is [B]C([B])([B])C([B])([B])C. The van der Waals surface area contributed by atoms with Gasteiger partial charge in [-0.3, -0.25) is 0 Å². The van der Waals surface area contributed by atoms with Crippen LogP contribution in [0.5, 0.6) is 0 Å². The van der Waals surface area contributed by atoms with Crippen LogP contribution in [0.15, 0.2) is 0 Å². The average molecular weight is 93.1 g/mol. The van der Waals surface area contributed by atoms with Crippen molar-refractivity contribution < 1.29 is 0 Å². The zero-order valence-electron chi connectivity index (χ0n) is 4.89. The van der Waals surface area contributed by atoms with E-state index in [4.69, 9.17) is 39.2 Å². The van der Waals surface area contributed by atoms with Gasteiger partial charge in [-0.2, -0.15) is 0 Å². The Labute approximate surface area is 57.2 Å². The summed E-state index contributed by atoms with van der Waals surface area (Å²) in [5, 5.41) is -2.74. The fourth-order valence-electron chi connectivity index (χ4n) is 0. The van der Waals surface area contributed by atoms with E-state index >= 15 is 0 Å². The third-order valence-corrected chi connectivity index (χ3v) is 0.933. The maximum Gasteiger partial charge on any atom is 0.0595 e. The van der Waals surface area contributed by atoms with Gasteiger partial charge in [-0.25, -0.2) is 0 Å². The van der Waals surface area contributed by atoms with Crippen LogP contribution in [0.2, 0.25) is 10.3 Å². The molecule has 0 aromatic rings. The van der Waals surface area contributed by atoms with Gasteiger partial charge in [0.1, 0.15) is 0 Å². The summed E-state index contributed by atoms with van der Waals surface area (Å²) in [6.07, 6.45) is 0. The maximum atomic E-state index is 5.22. The zero-order chi connectivity index (χ0) is 7.00. The third-order valence-electron chi connectivity index (χ3n) is 0.933. The van der Waals surface area contributed by atoms with Crippen LogP contribution in [0.25, 0.3) is 0 Å². The van der Waals surface area contributed by atoms with E-state index < -0.39 is 10.3 Å². The van der Waals surface area contributed by atoms with Gasteiger partial charge in [0, 0.05) is 23.5 Å². The van der Waals surface area contributed by atoms with E-state index in [2.05, 4.69) is 0 Å². The summed E-state index contributed by atoms with van der Waals surface area (Å²) in [7, 11) is 25.8. The fourth-order valence-corrected chi connectivity index (χ4v) is 0. The highest BCUT2D eigenvalue weighted by molar-refractivity contribution is 6.66. The first-order valence-electron chi connectivity index (χ1n) is 2.19. The molecule has 8 heavy (non-hydrogen) atoms. The van der Waals surface area contributed by atoms with Gasteiger partial charge in [-0.15, -0.1) is 10.3 Å². The summed E-state index contributed by atoms with van der Waals surface area (Å²) in [5.74, 6) is 0. The van der Waals surface area contributed by atoms with Crippen molar-refractivity contribution >= 4 is 39.2 Å². The van der Waals surface area contributed by atoms with Crippen LogP contribution < -0.4 is 0 Å². The van der Waals surface area contributed by atoms with E-state index in [0.717, 1.165) is 0 Å². The Kier molecular flexibility index (Phi) is 2.01. The Morgan fingerprint density at radius 3 is 1.00 bits per heavy atom. The molecular formula is C3H3B5. The number of rotatable bonds is 1. The number of hydrogen-bond donors (Lipinski definition) is 0. The summed E-state index contributed by atoms with van der Waals surface area (Å²) in [6, 6.07) is 0. The molecule has 0 N–H and O–H groups in total. The summed E-state index contributed by atoms with van der Waals surface area (Å²) in [5.41, 5.74) is 0. The first kappa shape index (κ1) is 8.32. The lowest BCUT2D eigenvalue weighted by Gasteiger charge is -2.37. The molecule has 0 aromatic carbocycles. The second-order valence-electron chi connectivity index (χ2n) is 2.22. The van der Waals surface area contributed by atoms with E-state index in [9.17, 15) is 0 Å². The van der Waals surface area contributed by atoms with Crippen molar-refractivity contribution in [1.29, 1.82) is 0 Å². The average Bonchev–Trinajstić information content (AvgIpc) is 1.25. The molecule has 0 nitrogen and oxygen atoms in total. The van der Waals surface area contributed by atoms with Gasteiger partial charge < -0.3 is 0 Å². The molecule has 10 radical (unpaired) electrons. The van der Waals surface area contributed by atoms with Crippen molar-refractivity contribution in [2.45, 2.75) is 17.3 Å². The number of hydrogen-bond acceptors (Lipinski definition) is 0. The summed E-state index contributed by atoms with van der Waals surface area (Å²) >= 11 is 0. The highest BCUT2D eigenvalue weighted by atomic mass is 14.0. The lowest BCUT2D eigenvalue weighted by Crippen LogP contribution is -2.30. The van der Waals surface area contributed by atoms with Crippen molar-refractivity contribution in [2.24, 2.45) is 0 Å². The van der Waals surface area contributed by atoms with E-state index in [-0.39, 0.29) is 0 Å². The smallest absolute Gasteiger partial charge is 0.0595 e. The molecule has 0 saturated heterocycles. The monoisotopic (exact) mass is 94.1 g/mol. The van der Waals surface area contributed by atoms with Gasteiger partial charge in [-0.05, 0) is 0 Å². The van der Waals surface area contributed by atoms with Crippen molar-refractivity contribution in [1.82, 2.24) is 0 Å². The molecule has 0 saturated carbocycles. The highest BCUT2D eigenvalue weighted by Crippen LogP contribution is 2.36. The van der Waals surface area contributed by atoms with Gasteiger partial charge in [-0.1, -0.05) is 6.92 Å². The van der Waals surface area contributed by atoms with Crippen molar-refractivity contribution in [3.8, 4) is 0 Å². The molecule has 0 heterocycles. The summed E-state index contributed by atoms with van der Waals surface area (Å²) < 4.78 is 0. The van der Waals surface area contributed by atoms with E-state index in [1.807, 2.05) is 0 Å². The fraction of sp³-hybridized carbons (Fsp3) is 1.00. The molecule has 0 atom stereocenters. The van der Waals surface area contributed by atoms with Crippen LogP contribution in [0.3, 0.4) is 0 Å². The normalized spacial score (nSPS) is 13.6. The van der Waals surface area contributed by atoms with Crippen molar-refractivity contribution in [3.05, 3.63) is 0 Å². The van der Waals surface area contributed by atoms with E-state index in [1.165, 1.54) is 6.92 Å². The molecule has 0 aliphatic heterocycles. The van der Waals surface area contributed by atoms with Gasteiger partial charge in [0.2, 0.25) is 0 Å². The molecule has 0 amide bonds. The third kappa shape index (κ3) is 2.06. The van der Waals surface area contributed by atoms with Crippen LogP contribution in [-0.4, -0.2) is 39.2 Å². The molecular weight excluding hydrogens is 90.1 g/mol. The lowest BCUT2D eigenvalue weighted by molar-refractivity contribution is 0.859. The molecule has 0 bridgehead atoms. The van der Waals surface area contributed by atoms with Crippen LogP contribution in [-0.2, 0) is 0 Å². The van der Waals surface area contributed by atoms with E-state index in [0.29, 0.717) is 0 Å². The predicted octanol–water partition coefficient (Wildman–Crippen LogP) is -0.961. The second-order valence-corrected chi connectivity index (χ2v) is 2.22. The largest absolute Gasteiger partial charge is 0.140 e. The first-order chi connectivity index (χ1) is 3.25. The Morgan fingerprint density at radius 1 is 0.875 bits per heavy atom. The van der Waals surface area contributed by atoms with Crippen molar-refractivity contribution in [3.63, 3.8) is 0 Å². The molecule has 5 heteroatoms. The Balaban J connectivity index is 4.02. The molecule has 0 unspecified atom stereocenters. The topological polar surface area (TPSA) is 0 Å². The molecule has 0 aromatic heterocycles. The van der Waals surface area contributed by atoms with Gasteiger partial charge in [0.05, 0.1) is 15.7 Å². The molecule has 0 aliphatic rings. The zero-order valence-corrected chi connectivity index (χ0v) is 4.89. The molecule has 30 valence electrons. The van der Waals surface area contributed by atoms with Crippen LogP contribution >= 0.6 is 0 Å². The van der Waals surface area contributed by atoms with Gasteiger partial charge in [0.25, 0.3) is 0 Å². The van der Waals surface area contributed by atoms with Gasteiger partial charge in [0.15, 0.2) is 0 Å². The first-order valence-corrected chi connectivity index (χ1v) is 2.19. The van der Waals surface area contributed by atoms with Crippen LogP contribution in [0, 0.1) is 0 Å². The van der Waals surface area contributed by atoms with Crippen molar-refractivity contribution in [2.75, 3.05) is 0 Å². The highest BCUT2D eigenvalue weighted by Gasteiger charge is 2.24. The Bertz CT molecular complexity index is 62.7. The minimum absolute atomic E-state index is 1.23. The Hall–Kier alpha value is 0.325. The second kappa shape index (κ2) is 1.93. The minimum Gasteiger partial charge on any atom is -0.140 e. The van der Waals surface area contributed by atoms with Crippen LogP contribution in [0.1, 0.15) is 6.92 Å². The van der Waals surface area contributed by atoms with E-state index in [1.54, 1.807) is 0 Å². The lowest BCUT2D eigenvalue weighted by atomic mass is 9.24. The molecule has 0 aliphatic carbocycles. The molecule has 0 fully saturated rings. The Morgan fingerprint density at radius 2 is 1.00 bits per heavy atom. The molecule has 0 rings (SSSR count). The maximum absolute atomic E-state index is 5.22. The van der Waals surface area contributed by atoms with Gasteiger partial charge >= 0.3 is 0 Å². The molecule has 0 spiro atoms. The quantitative estimate of drug-likeness (QED) is 0.366. The standard InChI is InChI=1S/C3H3B5/c1-2(4,5)3(6,7)8/h1H3. The summed E-state index contributed by atoms with van der Waals surface area (Å²) in [4.78, 5) is 0. The van der Waals surface area contributed by atoms with Crippen LogP contribution in [0.4, 0.5) is 0 Å². The summed E-state index contributed by atoms with van der Waals surface area (Å²) in [6.45, 7) is 1.45. The minimum atomic E-state index is -1.51.